The van der Waals surface area contributed by atoms with Crippen LogP contribution in [0.5, 0.6) is 0 Å². The predicted octanol–water partition coefficient (Wildman–Crippen LogP) is 3.80. The summed E-state index contributed by atoms with van der Waals surface area (Å²) in [6, 6.07) is 0. The summed E-state index contributed by atoms with van der Waals surface area (Å²) in [5, 5.41) is 3.44. The Kier molecular flexibility index (Phi) is 4.20. The highest BCUT2D eigenvalue weighted by Crippen LogP contribution is 2.43. The summed E-state index contributed by atoms with van der Waals surface area (Å²) in [6.07, 6.45) is 10.5. The van der Waals surface area contributed by atoms with Gasteiger partial charge in [-0.1, -0.05) is 26.7 Å². The van der Waals surface area contributed by atoms with E-state index in [-0.39, 0.29) is 0 Å². The molecule has 1 aliphatic carbocycles. The molecule has 100 valence electrons. The minimum Gasteiger partial charge on any atom is -0.354 e. The molecule has 18 heavy (non-hydrogen) atoms. The Morgan fingerprint density at radius 1 is 1.22 bits per heavy atom. The summed E-state index contributed by atoms with van der Waals surface area (Å²) in [5.74, 6) is 1.54. The van der Waals surface area contributed by atoms with E-state index < -0.39 is 0 Å². The highest BCUT2D eigenvalue weighted by Gasteiger charge is 2.34. The van der Waals surface area contributed by atoms with Gasteiger partial charge in [-0.05, 0) is 43.1 Å². The molecule has 2 rings (SSSR count). The molecule has 1 aromatic rings. The van der Waals surface area contributed by atoms with Crippen LogP contribution in [0.4, 0.5) is 5.95 Å². The lowest BCUT2D eigenvalue weighted by molar-refractivity contribution is 0.252. The zero-order valence-corrected chi connectivity index (χ0v) is 11.9. The maximum absolute atomic E-state index is 4.33. The second kappa shape index (κ2) is 5.68. The van der Waals surface area contributed by atoms with E-state index in [1.807, 2.05) is 19.3 Å². The predicted molar refractivity (Wildman–Crippen MR) is 75.6 cm³/mol. The molecule has 0 saturated heterocycles. The Hall–Kier alpha value is -1.12. The summed E-state index contributed by atoms with van der Waals surface area (Å²) in [6.45, 7) is 7.68. The first kappa shape index (κ1) is 13.3. The Morgan fingerprint density at radius 2 is 1.83 bits per heavy atom. The Labute approximate surface area is 110 Å². The van der Waals surface area contributed by atoms with Gasteiger partial charge in [0.15, 0.2) is 0 Å². The van der Waals surface area contributed by atoms with Gasteiger partial charge in [0, 0.05) is 18.9 Å². The molecular formula is C15H25N3. The lowest BCUT2D eigenvalue weighted by atomic mass is 9.78. The fraction of sp³-hybridized carbons (Fsp3) is 0.733. The molecule has 1 saturated carbocycles. The van der Waals surface area contributed by atoms with Crippen molar-refractivity contribution in [1.29, 1.82) is 0 Å². The van der Waals surface area contributed by atoms with Crippen LogP contribution in [0.15, 0.2) is 12.4 Å². The Morgan fingerprint density at radius 3 is 2.39 bits per heavy atom. The molecule has 1 heterocycles. The minimum absolute atomic E-state index is 0.475. The number of aryl methyl sites for hydroxylation is 1. The van der Waals surface area contributed by atoms with Gasteiger partial charge in [-0.2, -0.15) is 0 Å². The third-order valence-corrected chi connectivity index (χ3v) is 3.91. The van der Waals surface area contributed by atoms with Gasteiger partial charge in [-0.15, -0.1) is 0 Å². The first-order chi connectivity index (χ1) is 8.60. The molecule has 1 aromatic heterocycles. The smallest absolute Gasteiger partial charge is 0.222 e. The van der Waals surface area contributed by atoms with Gasteiger partial charge in [0.1, 0.15) is 0 Å². The van der Waals surface area contributed by atoms with Gasteiger partial charge in [-0.25, -0.2) is 9.97 Å². The van der Waals surface area contributed by atoms with Crippen molar-refractivity contribution in [1.82, 2.24) is 9.97 Å². The number of aromatic nitrogens is 2. The second-order valence-electron chi connectivity index (χ2n) is 6.24. The van der Waals surface area contributed by atoms with Crippen LogP contribution in [0.1, 0.15) is 51.5 Å². The van der Waals surface area contributed by atoms with Crippen LogP contribution in [-0.4, -0.2) is 16.5 Å². The van der Waals surface area contributed by atoms with E-state index in [0.717, 1.165) is 24.0 Å². The molecular weight excluding hydrogens is 222 g/mol. The minimum atomic E-state index is 0.475. The molecule has 3 nitrogen and oxygen atoms in total. The zero-order valence-electron chi connectivity index (χ0n) is 11.9. The second-order valence-corrected chi connectivity index (χ2v) is 6.24. The van der Waals surface area contributed by atoms with Crippen LogP contribution in [0.3, 0.4) is 0 Å². The van der Waals surface area contributed by atoms with E-state index in [0.29, 0.717) is 5.41 Å². The highest BCUT2D eigenvalue weighted by atomic mass is 15.1. The van der Waals surface area contributed by atoms with Gasteiger partial charge in [0.2, 0.25) is 5.95 Å². The van der Waals surface area contributed by atoms with Crippen molar-refractivity contribution in [3.8, 4) is 0 Å². The van der Waals surface area contributed by atoms with Crippen molar-refractivity contribution < 1.29 is 0 Å². The molecule has 0 atom stereocenters. The summed E-state index contributed by atoms with van der Waals surface area (Å²) in [4.78, 5) is 8.65. The van der Waals surface area contributed by atoms with Crippen LogP contribution >= 0.6 is 0 Å². The van der Waals surface area contributed by atoms with Crippen molar-refractivity contribution in [2.75, 3.05) is 11.9 Å². The third kappa shape index (κ3) is 3.44. The molecule has 0 aliphatic heterocycles. The molecule has 0 radical (unpaired) electrons. The maximum atomic E-state index is 4.33. The average Bonchev–Trinajstić information content (AvgIpc) is 2.76. The summed E-state index contributed by atoms with van der Waals surface area (Å²) in [5.41, 5.74) is 1.58. The molecule has 1 N–H and O–H groups in total. The van der Waals surface area contributed by atoms with E-state index in [1.54, 1.807) is 0 Å². The molecule has 0 bridgehead atoms. The van der Waals surface area contributed by atoms with Crippen LogP contribution in [0, 0.1) is 18.3 Å². The number of nitrogens with zero attached hydrogens (tertiary/aromatic N) is 2. The van der Waals surface area contributed by atoms with E-state index in [9.17, 15) is 0 Å². The molecule has 0 amide bonds. The fourth-order valence-corrected chi connectivity index (χ4v) is 3.19. The number of hydrogen-bond donors (Lipinski definition) is 1. The molecule has 0 spiro atoms. The SMILES string of the molecule is Cc1cnc(NCC2(CC(C)C)CCCC2)nc1. The lowest BCUT2D eigenvalue weighted by Gasteiger charge is -2.31. The molecule has 1 fully saturated rings. The van der Waals surface area contributed by atoms with E-state index >= 15 is 0 Å². The highest BCUT2D eigenvalue weighted by molar-refractivity contribution is 5.25. The van der Waals surface area contributed by atoms with Crippen LogP contribution < -0.4 is 5.32 Å². The quantitative estimate of drug-likeness (QED) is 0.860. The van der Waals surface area contributed by atoms with Crippen LogP contribution in [0.2, 0.25) is 0 Å². The van der Waals surface area contributed by atoms with Crippen LogP contribution in [-0.2, 0) is 0 Å². The summed E-state index contributed by atoms with van der Waals surface area (Å²) >= 11 is 0. The Balaban J connectivity index is 1.95. The number of hydrogen-bond acceptors (Lipinski definition) is 3. The van der Waals surface area contributed by atoms with Crippen molar-refractivity contribution in [3.05, 3.63) is 18.0 Å². The fourth-order valence-electron chi connectivity index (χ4n) is 3.19. The zero-order chi connectivity index (χ0) is 13.0. The van der Waals surface area contributed by atoms with Gasteiger partial charge in [0.05, 0.1) is 0 Å². The standard InChI is InChI=1S/C15H25N3/c1-12(2)8-15(6-4-5-7-15)11-18-14-16-9-13(3)10-17-14/h9-10,12H,4-8,11H2,1-3H3,(H,16,17,18). The van der Waals surface area contributed by atoms with Crippen molar-refractivity contribution >= 4 is 5.95 Å². The lowest BCUT2D eigenvalue weighted by Crippen LogP contribution is -2.29. The molecule has 0 unspecified atom stereocenters. The van der Waals surface area contributed by atoms with E-state index in [1.165, 1.54) is 32.1 Å². The first-order valence-corrected chi connectivity index (χ1v) is 7.12. The third-order valence-electron chi connectivity index (χ3n) is 3.91. The van der Waals surface area contributed by atoms with Gasteiger partial charge in [-0.3, -0.25) is 0 Å². The monoisotopic (exact) mass is 247 g/mol. The molecule has 0 aromatic carbocycles. The van der Waals surface area contributed by atoms with Crippen molar-refractivity contribution in [2.45, 2.75) is 52.9 Å². The molecule has 3 heteroatoms. The van der Waals surface area contributed by atoms with Crippen LogP contribution in [0.25, 0.3) is 0 Å². The number of rotatable bonds is 5. The van der Waals surface area contributed by atoms with Crippen molar-refractivity contribution in [2.24, 2.45) is 11.3 Å². The molecule has 1 aliphatic rings. The largest absolute Gasteiger partial charge is 0.354 e. The summed E-state index contributed by atoms with van der Waals surface area (Å²) < 4.78 is 0. The first-order valence-electron chi connectivity index (χ1n) is 7.12. The van der Waals surface area contributed by atoms with Gasteiger partial charge in [0.25, 0.3) is 0 Å². The number of anilines is 1. The topological polar surface area (TPSA) is 37.8 Å². The van der Waals surface area contributed by atoms with E-state index in [2.05, 4.69) is 29.1 Å². The van der Waals surface area contributed by atoms with Gasteiger partial charge < -0.3 is 5.32 Å². The Bertz CT molecular complexity index is 364. The van der Waals surface area contributed by atoms with Crippen molar-refractivity contribution in [3.63, 3.8) is 0 Å². The number of nitrogens with one attached hydrogen (secondary N) is 1. The van der Waals surface area contributed by atoms with Gasteiger partial charge >= 0.3 is 0 Å². The maximum Gasteiger partial charge on any atom is 0.222 e. The van der Waals surface area contributed by atoms with E-state index in [4.69, 9.17) is 0 Å². The normalized spacial score (nSPS) is 18.2. The summed E-state index contributed by atoms with van der Waals surface area (Å²) in [7, 11) is 0. The average molecular weight is 247 g/mol.